The SMILES string of the molecule is CC(C)(C)c1noc(CCC2CCNC2)n1. The molecule has 0 bridgehead atoms. The van der Waals surface area contributed by atoms with Crippen molar-refractivity contribution >= 4 is 0 Å². The molecule has 1 unspecified atom stereocenters. The van der Waals surface area contributed by atoms with Gasteiger partial charge in [0.2, 0.25) is 5.89 Å². The Morgan fingerprint density at radius 1 is 1.44 bits per heavy atom. The number of hydrogen-bond acceptors (Lipinski definition) is 4. The zero-order valence-corrected chi connectivity index (χ0v) is 10.4. The van der Waals surface area contributed by atoms with E-state index in [0.29, 0.717) is 0 Å². The highest BCUT2D eigenvalue weighted by Gasteiger charge is 2.21. The van der Waals surface area contributed by atoms with Crippen LogP contribution in [0.5, 0.6) is 0 Å². The van der Waals surface area contributed by atoms with Crippen LogP contribution in [0.2, 0.25) is 0 Å². The summed E-state index contributed by atoms with van der Waals surface area (Å²) >= 11 is 0. The molecule has 1 N–H and O–H groups in total. The number of hydrogen-bond donors (Lipinski definition) is 1. The molecule has 16 heavy (non-hydrogen) atoms. The first-order chi connectivity index (χ1) is 7.55. The monoisotopic (exact) mass is 223 g/mol. The third-order valence-electron chi connectivity index (χ3n) is 3.07. The molecule has 1 saturated heterocycles. The van der Waals surface area contributed by atoms with Gasteiger partial charge in [-0.3, -0.25) is 0 Å². The largest absolute Gasteiger partial charge is 0.339 e. The Morgan fingerprint density at radius 3 is 2.81 bits per heavy atom. The summed E-state index contributed by atoms with van der Waals surface area (Å²) in [5, 5.41) is 7.40. The van der Waals surface area contributed by atoms with Gasteiger partial charge in [0.05, 0.1) is 0 Å². The summed E-state index contributed by atoms with van der Waals surface area (Å²) in [5.74, 6) is 2.38. The molecule has 1 fully saturated rings. The quantitative estimate of drug-likeness (QED) is 0.850. The van der Waals surface area contributed by atoms with Gasteiger partial charge in [-0.15, -0.1) is 0 Å². The third-order valence-corrected chi connectivity index (χ3v) is 3.07. The lowest BCUT2D eigenvalue weighted by Crippen LogP contribution is -2.13. The van der Waals surface area contributed by atoms with Crippen LogP contribution in [0.3, 0.4) is 0 Å². The van der Waals surface area contributed by atoms with Gasteiger partial charge in [0.15, 0.2) is 5.82 Å². The average Bonchev–Trinajstić information content (AvgIpc) is 2.85. The first kappa shape index (κ1) is 11.6. The van der Waals surface area contributed by atoms with E-state index >= 15 is 0 Å². The van der Waals surface area contributed by atoms with Crippen molar-refractivity contribution in [3.05, 3.63) is 11.7 Å². The molecule has 0 aromatic carbocycles. The van der Waals surface area contributed by atoms with E-state index in [1.165, 1.54) is 6.42 Å². The van der Waals surface area contributed by atoms with Crippen LogP contribution in [0, 0.1) is 5.92 Å². The molecule has 4 heteroatoms. The fourth-order valence-electron chi connectivity index (χ4n) is 1.95. The van der Waals surface area contributed by atoms with Crippen LogP contribution in [0.1, 0.15) is 45.3 Å². The second-order valence-electron chi connectivity index (χ2n) is 5.66. The van der Waals surface area contributed by atoms with Gasteiger partial charge in [-0.1, -0.05) is 25.9 Å². The fraction of sp³-hybridized carbons (Fsp3) is 0.833. The molecule has 90 valence electrons. The Hall–Kier alpha value is -0.900. The number of aromatic nitrogens is 2. The summed E-state index contributed by atoms with van der Waals surface area (Å²) in [7, 11) is 0. The third kappa shape index (κ3) is 2.82. The molecule has 0 aliphatic carbocycles. The zero-order chi connectivity index (χ0) is 11.6. The van der Waals surface area contributed by atoms with Gasteiger partial charge in [-0.25, -0.2) is 0 Å². The second-order valence-corrected chi connectivity index (χ2v) is 5.66. The van der Waals surface area contributed by atoms with Gasteiger partial charge >= 0.3 is 0 Å². The number of rotatable bonds is 3. The number of nitrogens with one attached hydrogen (secondary N) is 1. The van der Waals surface area contributed by atoms with E-state index in [4.69, 9.17) is 4.52 Å². The fourth-order valence-corrected chi connectivity index (χ4v) is 1.95. The average molecular weight is 223 g/mol. The molecule has 1 aromatic heterocycles. The number of aryl methyl sites for hydroxylation is 1. The highest BCUT2D eigenvalue weighted by atomic mass is 16.5. The Kier molecular flexibility index (Phi) is 3.28. The van der Waals surface area contributed by atoms with E-state index in [1.54, 1.807) is 0 Å². The second kappa shape index (κ2) is 4.53. The Bertz CT molecular complexity index is 334. The molecule has 2 heterocycles. The van der Waals surface area contributed by atoms with Crippen LogP contribution >= 0.6 is 0 Å². The smallest absolute Gasteiger partial charge is 0.226 e. The molecule has 1 aliphatic rings. The molecular weight excluding hydrogens is 202 g/mol. The molecule has 1 aromatic rings. The summed E-state index contributed by atoms with van der Waals surface area (Å²) in [5.41, 5.74) is -0.0172. The van der Waals surface area contributed by atoms with Gasteiger partial charge in [-0.2, -0.15) is 4.98 Å². The van der Waals surface area contributed by atoms with Gasteiger partial charge in [0, 0.05) is 11.8 Å². The van der Waals surface area contributed by atoms with E-state index in [0.717, 1.165) is 43.6 Å². The predicted molar refractivity (Wildman–Crippen MR) is 62.3 cm³/mol. The summed E-state index contributed by atoms with van der Waals surface area (Å²) < 4.78 is 5.27. The van der Waals surface area contributed by atoms with E-state index in [-0.39, 0.29) is 5.41 Å². The molecule has 1 atom stereocenters. The van der Waals surface area contributed by atoms with Crippen molar-refractivity contribution in [1.29, 1.82) is 0 Å². The van der Waals surface area contributed by atoms with Crippen LogP contribution in [-0.2, 0) is 11.8 Å². The highest BCUT2D eigenvalue weighted by molar-refractivity contribution is 5.00. The Morgan fingerprint density at radius 2 is 2.25 bits per heavy atom. The summed E-state index contributed by atoms with van der Waals surface area (Å²) in [6.07, 6.45) is 3.34. The Labute approximate surface area is 96.8 Å². The Balaban J connectivity index is 1.87. The standard InChI is InChI=1S/C12H21N3O/c1-12(2,3)11-14-10(16-15-11)5-4-9-6-7-13-8-9/h9,13H,4-8H2,1-3H3. The molecule has 4 nitrogen and oxygen atoms in total. The first-order valence-corrected chi connectivity index (χ1v) is 6.09. The van der Waals surface area contributed by atoms with Gasteiger partial charge < -0.3 is 9.84 Å². The van der Waals surface area contributed by atoms with Crippen molar-refractivity contribution in [2.75, 3.05) is 13.1 Å². The van der Waals surface area contributed by atoms with E-state index in [2.05, 4.69) is 36.2 Å². The lowest BCUT2D eigenvalue weighted by atomic mass is 9.96. The van der Waals surface area contributed by atoms with Crippen LogP contribution in [-0.4, -0.2) is 23.2 Å². The van der Waals surface area contributed by atoms with Crippen molar-refractivity contribution in [1.82, 2.24) is 15.5 Å². The first-order valence-electron chi connectivity index (χ1n) is 6.09. The maximum absolute atomic E-state index is 5.27. The van der Waals surface area contributed by atoms with Crippen LogP contribution < -0.4 is 5.32 Å². The van der Waals surface area contributed by atoms with Crippen molar-refractivity contribution in [2.24, 2.45) is 5.92 Å². The molecular formula is C12H21N3O. The summed E-state index contributed by atoms with van der Waals surface area (Å²) in [6.45, 7) is 8.59. The van der Waals surface area contributed by atoms with Crippen molar-refractivity contribution in [3.8, 4) is 0 Å². The van der Waals surface area contributed by atoms with Crippen molar-refractivity contribution < 1.29 is 4.52 Å². The number of nitrogens with zero attached hydrogens (tertiary/aromatic N) is 2. The maximum Gasteiger partial charge on any atom is 0.226 e. The van der Waals surface area contributed by atoms with Crippen LogP contribution in [0.15, 0.2) is 4.52 Å². The molecule has 1 aliphatic heterocycles. The zero-order valence-electron chi connectivity index (χ0n) is 10.4. The minimum absolute atomic E-state index is 0.0172. The van der Waals surface area contributed by atoms with Crippen molar-refractivity contribution in [2.45, 2.75) is 45.4 Å². The van der Waals surface area contributed by atoms with Gasteiger partial charge in [0.25, 0.3) is 0 Å². The normalized spacial score (nSPS) is 21.6. The lowest BCUT2D eigenvalue weighted by Gasteiger charge is -2.10. The molecule has 0 spiro atoms. The minimum atomic E-state index is -0.0172. The predicted octanol–water partition coefficient (Wildman–Crippen LogP) is 1.91. The molecule has 0 saturated carbocycles. The highest BCUT2D eigenvalue weighted by Crippen LogP contribution is 2.20. The molecule has 2 rings (SSSR count). The maximum atomic E-state index is 5.27. The summed E-state index contributed by atoms with van der Waals surface area (Å²) in [4.78, 5) is 4.44. The van der Waals surface area contributed by atoms with Gasteiger partial charge in [-0.05, 0) is 31.8 Å². The van der Waals surface area contributed by atoms with E-state index < -0.39 is 0 Å². The van der Waals surface area contributed by atoms with Crippen LogP contribution in [0.4, 0.5) is 0 Å². The summed E-state index contributed by atoms with van der Waals surface area (Å²) in [6, 6.07) is 0. The minimum Gasteiger partial charge on any atom is -0.339 e. The topological polar surface area (TPSA) is 51.0 Å². The van der Waals surface area contributed by atoms with Gasteiger partial charge in [0.1, 0.15) is 0 Å². The molecule has 0 amide bonds. The van der Waals surface area contributed by atoms with E-state index in [1.807, 2.05) is 0 Å². The lowest BCUT2D eigenvalue weighted by molar-refractivity contribution is 0.352. The van der Waals surface area contributed by atoms with E-state index in [9.17, 15) is 0 Å². The molecule has 0 radical (unpaired) electrons. The van der Waals surface area contributed by atoms with Crippen molar-refractivity contribution in [3.63, 3.8) is 0 Å². The van der Waals surface area contributed by atoms with Crippen LogP contribution in [0.25, 0.3) is 0 Å².